The molecule has 18 heavy (non-hydrogen) atoms. The quantitative estimate of drug-likeness (QED) is 0.563. The van der Waals surface area contributed by atoms with Crippen LogP contribution >= 0.6 is 12.4 Å². The van der Waals surface area contributed by atoms with Crippen molar-refractivity contribution < 1.29 is 19.1 Å². The van der Waals surface area contributed by atoms with Crippen molar-refractivity contribution in [3.8, 4) is 0 Å². The average molecular weight is 283 g/mol. The standard InChI is InChI=1S/C11H22N2O4.ClH/c1-11(2,3)17-10(15)13-7-5-6-12-8-9(14)16-4;/h12H,5-8H2,1-4H3,(H,13,15);1H. The number of methoxy groups -OCH3 is 1. The molecular formula is C11H23ClN2O4. The van der Waals surface area contributed by atoms with Gasteiger partial charge in [-0.3, -0.25) is 4.79 Å². The Balaban J connectivity index is 0. The van der Waals surface area contributed by atoms with E-state index >= 15 is 0 Å². The van der Waals surface area contributed by atoms with Gasteiger partial charge < -0.3 is 20.1 Å². The highest BCUT2D eigenvalue weighted by atomic mass is 35.5. The fraction of sp³-hybridized carbons (Fsp3) is 0.818. The highest BCUT2D eigenvalue weighted by molar-refractivity contribution is 5.85. The third kappa shape index (κ3) is 13.1. The monoisotopic (exact) mass is 282 g/mol. The summed E-state index contributed by atoms with van der Waals surface area (Å²) in [4.78, 5) is 22.0. The van der Waals surface area contributed by atoms with E-state index in [1.54, 1.807) is 0 Å². The fourth-order valence-electron chi connectivity index (χ4n) is 0.981. The Morgan fingerprint density at radius 2 is 1.78 bits per heavy atom. The molecule has 1 amide bonds. The van der Waals surface area contributed by atoms with E-state index < -0.39 is 11.7 Å². The van der Waals surface area contributed by atoms with Gasteiger partial charge in [0, 0.05) is 6.54 Å². The van der Waals surface area contributed by atoms with E-state index in [0.29, 0.717) is 13.1 Å². The zero-order valence-electron chi connectivity index (χ0n) is 11.4. The second kappa shape index (κ2) is 9.96. The summed E-state index contributed by atoms with van der Waals surface area (Å²) < 4.78 is 9.51. The highest BCUT2D eigenvalue weighted by Gasteiger charge is 2.15. The predicted octanol–water partition coefficient (Wildman–Crippen LogP) is 1.09. The first-order valence-electron chi connectivity index (χ1n) is 5.59. The Labute approximate surface area is 114 Å². The Morgan fingerprint density at radius 3 is 2.28 bits per heavy atom. The largest absolute Gasteiger partial charge is 0.468 e. The number of ether oxygens (including phenoxy) is 2. The number of hydrogen-bond acceptors (Lipinski definition) is 5. The van der Waals surface area contributed by atoms with Crippen LogP contribution in [0.2, 0.25) is 0 Å². The summed E-state index contributed by atoms with van der Waals surface area (Å²) in [6, 6.07) is 0. The lowest BCUT2D eigenvalue weighted by atomic mass is 10.2. The molecule has 0 rings (SSSR count). The molecule has 0 aliphatic rings. The number of alkyl carbamates (subject to hydrolysis) is 1. The van der Waals surface area contributed by atoms with Crippen LogP contribution in [0.5, 0.6) is 0 Å². The number of esters is 1. The maximum absolute atomic E-state index is 11.2. The van der Waals surface area contributed by atoms with Crippen LogP contribution in [0, 0.1) is 0 Å². The maximum Gasteiger partial charge on any atom is 0.407 e. The number of carbonyl (C=O) groups is 2. The molecule has 0 fully saturated rings. The van der Waals surface area contributed by atoms with Crippen molar-refractivity contribution in [3.63, 3.8) is 0 Å². The van der Waals surface area contributed by atoms with E-state index in [1.807, 2.05) is 20.8 Å². The van der Waals surface area contributed by atoms with Gasteiger partial charge in [0.15, 0.2) is 0 Å². The molecule has 0 saturated heterocycles. The van der Waals surface area contributed by atoms with Gasteiger partial charge in [0.25, 0.3) is 0 Å². The van der Waals surface area contributed by atoms with Crippen molar-refractivity contribution in [2.75, 3.05) is 26.7 Å². The molecular weight excluding hydrogens is 260 g/mol. The molecule has 0 aromatic carbocycles. The van der Waals surface area contributed by atoms with E-state index in [4.69, 9.17) is 4.74 Å². The van der Waals surface area contributed by atoms with E-state index in [2.05, 4.69) is 15.4 Å². The average Bonchev–Trinajstić information content (AvgIpc) is 2.20. The van der Waals surface area contributed by atoms with Crippen LogP contribution in [0.1, 0.15) is 27.2 Å². The third-order valence-electron chi connectivity index (χ3n) is 1.70. The summed E-state index contributed by atoms with van der Waals surface area (Å²) in [5.74, 6) is -0.301. The lowest BCUT2D eigenvalue weighted by molar-refractivity contribution is -0.139. The molecule has 0 aromatic rings. The van der Waals surface area contributed by atoms with Crippen molar-refractivity contribution in [1.29, 1.82) is 0 Å². The minimum Gasteiger partial charge on any atom is -0.468 e. The number of carbonyl (C=O) groups excluding carboxylic acids is 2. The van der Waals surface area contributed by atoms with Gasteiger partial charge in [-0.1, -0.05) is 0 Å². The number of hydrogen-bond donors (Lipinski definition) is 2. The predicted molar refractivity (Wildman–Crippen MR) is 71.0 cm³/mol. The second-order valence-corrected chi connectivity index (χ2v) is 4.54. The third-order valence-corrected chi connectivity index (χ3v) is 1.70. The van der Waals surface area contributed by atoms with Crippen molar-refractivity contribution in [3.05, 3.63) is 0 Å². The lowest BCUT2D eigenvalue weighted by Crippen LogP contribution is -2.34. The first-order chi connectivity index (χ1) is 7.85. The molecule has 2 N–H and O–H groups in total. The zero-order chi connectivity index (χ0) is 13.3. The smallest absolute Gasteiger partial charge is 0.407 e. The summed E-state index contributed by atoms with van der Waals surface area (Å²) in [5, 5.41) is 5.52. The summed E-state index contributed by atoms with van der Waals surface area (Å²) >= 11 is 0. The van der Waals surface area contributed by atoms with Gasteiger partial charge in [-0.25, -0.2) is 4.79 Å². The topological polar surface area (TPSA) is 76.7 Å². The second-order valence-electron chi connectivity index (χ2n) is 4.54. The van der Waals surface area contributed by atoms with E-state index in [-0.39, 0.29) is 24.9 Å². The van der Waals surface area contributed by atoms with Crippen LogP contribution in [-0.2, 0) is 14.3 Å². The van der Waals surface area contributed by atoms with E-state index in [0.717, 1.165) is 6.42 Å². The van der Waals surface area contributed by atoms with E-state index in [1.165, 1.54) is 7.11 Å². The Hall–Kier alpha value is -1.01. The molecule has 0 aliphatic carbocycles. The molecule has 0 spiro atoms. The molecule has 0 bridgehead atoms. The van der Waals surface area contributed by atoms with Gasteiger partial charge in [-0.2, -0.15) is 0 Å². The molecule has 7 heteroatoms. The summed E-state index contributed by atoms with van der Waals surface area (Å²) in [6.07, 6.45) is 0.293. The molecule has 0 unspecified atom stereocenters. The molecule has 108 valence electrons. The van der Waals surface area contributed by atoms with Crippen molar-refractivity contribution >= 4 is 24.5 Å². The molecule has 6 nitrogen and oxygen atoms in total. The van der Waals surface area contributed by atoms with Crippen molar-refractivity contribution in [1.82, 2.24) is 10.6 Å². The van der Waals surface area contributed by atoms with Crippen molar-refractivity contribution in [2.24, 2.45) is 0 Å². The number of halogens is 1. The minimum absolute atomic E-state index is 0. The molecule has 0 heterocycles. The van der Waals surface area contributed by atoms with Gasteiger partial charge >= 0.3 is 12.1 Å². The van der Waals surface area contributed by atoms with E-state index in [9.17, 15) is 9.59 Å². The minimum atomic E-state index is -0.479. The SMILES string of the molecule is COC(=O)CNCCCNC(=O)OC(C)(C)C.Cl. The molecule has 0 aliphatic heterocycles. The van der Waals surface area contributed by atoms with Gasteiger partial charge in [0.1, 0.15) is 5.60 Å². The number of amides is 1. The van der Waals surface area contributed by atoms with Crippen LogP contribution in [0.4, 0.5) is 4.79 Å². The first-order valence-corrected chi connectivity index (χ1v) is 5.59. The van der Waals surface area contributed by atoms with Gasteiger partial charge in [-0.05, 0) is 33.7 Å². The number of nitrogens with one attached hydrogen (secondary N) is 2. The van der Waals surface area contributed by atoms with Crippen LogP contribution in [0.25, 0.3) is 0 Å². The molecule has 0 radical (unpaired) electrons. The number of rotatable bonds is 6. The van der Waals surface area contributed by atoms with Gasteiger partial charge in [-0.15, -0.1) is 12.4 Å². The maximum atomic E-state index is 11.2. The van der Waals surface area contributed by atoms with Crippen LogP contribution in [0.15, 0.2) is 0 Å². The summed E-state index contributed by atoms with van der Waals surface area (Å²) in [5.41, 5.74) is -0.479. The molecule has 0 atom stereocenters. The molecule has 0 aromatic heterocycles. The van der Waals surface area contributed by atoms with Crippen molar-refractivity contribution in [2.45, 2.75) is 32.8 Å². The highest BCUT2D eigenvalue weighted by Crippen LogP contribution is 2.06. The fourth-order valence-corrected chi connectivity index (χ4v) is 0.981. The molecule has 0 saturated carbocycles. The van der Waals surface area contributed by atoms with Crippen LogP contribution in [-0.4, -0.2) is 44.4 Å². The summed E-state index contributed by atoms with van der Waals surface area (Å²) in [6.45, 7) is 6.75. The lowest BCUT2D eigenvalue weighted by Gasteiger charge is -2.19. The normalized spacial score (nSPS) is 10.2. The van der Waals surface area contributed by atoms with Gasteiger partial charge in [0.2, 0.25) is 0 Å². The Kier molecular flexibility index (Phi) is 10.7. The van der Waals surface area contributed by atoms with Crippen LogP contribution < -0.4 is 10.6 Å². The summed E-state index contributed by atoms with van der Waals surface area (Å²) in [7, 11) is 1.34. The Morgan fingerprint density at radius 1 is 1.17 bits per heavy atom. The zero-order valence-corrected chi connectivity index (χ0v) is 12.2. The first kappa shape index (κ1) is 19.3. The Bertz CT molecular complexity index is 254. The van der Waals surface area contributed by atoms with Crippen LogP contribution in [0.3, 0.4) is 0 Å². The van der Waals surface area contributed by atoms with Gasteiger partial charge in [0.05, 0.1) is 13.7 Å².